The van der Waals surface area contributed by atoms with Gasteiger partial charge in [0.15, 0.2) is 0 Å². The first-order chi connectivity index (χ1) is 10.2. The molecule has 108 valence electrons. The molecule has 1 fully saturated rings. The molecular weight excluding hydrogens is 268 g/mol. The van der Waals surface area contributed by atoms with Gasteiger partial charge in [-0.25, -0.2) is 0 Å². The van der Waals surface area contributed by atoms with Gasteiger partial charge in [-0.05, 0) is 22.9 Å². The molecule has 5 nitrogen and oxygen atoms in total. The van der Waals surface area contributed by atoms with Crippen LogP contribution in [0.3, 0.4) is 0 Å². The van der Waals surface area contributed by atoms with Crippen LogP contribution in [-0.2, 0) is 14.3 Å². The molecule has 3 rings (SSSR count). The van der Waals surface area contributed by atoms with Crippen molar-refractivity contribution in [3.05, 3.63) is 42.5 Å². The minimum Gasteiger partial charge on any atom is -0.378 e. The lowest BCUT2D eigenvalue weighted by atomic mass is 10.1. The summed E-state index contributed by atoms with van der Waals surface area (Å²) >= 11 is 0. The lowest BCUT2D eigenvalue weighted by molar-refractivity contribution is -0.145. The molecule has 21 heavy (non-hydrogen) atoms. The largest absolute Gasteiger partial charge is 0.378 e. The van der Waals surface area contributed by atoms with E-state index in [1.54, 1.807) is 6.07 Å². The van der Waals surface area contributed by atoms with E-state index in [4.69, 9.17) is 4.74 Å². The molecule has 2 amide bonds. The molecular formula is C16H16N2O3. The number of nitrogens with one attached hydrogen (secondary N) is 1. The Morgan fingerprint density at radius 3 is 2.48 bits per heavy atom. The number of nitrogens with zero attached hydrogens (tertiary/aromatic N) is 1. The quantitative estimate of drug-likeness (QED) is 0.810. The van der Waals surface area contributed by atoms with Crippen molar-refractivity contribution in [2.45, 2.75) is 0 Å². The number of ether oxygens (including phenoxy) is 1. The molecule has 0 unspecified atom stereocenters. The molecule has 0 aromatic heterocycles. The second-order valence-electron chi connectivity index (χ2n) is 4.92. The second kappa shape index (κ2) is 5.93. The van der Waals surface area contributed by atoms with Gasteiger partial charge in [0.2, 0.25) is 0 Å². The fourth-order valence-electron chi connectivity index (χ4n) is 2.36. The van der Waals surface area contributed by atoms with Gasteiger partial charge in [-0.1, -0.05) is 30.3 Å². The van der Waals surface area contributed by atoms with Crippen molar-refractivity contribution in [3.63, 3.8) is 0 Å². The van der Waals surface area contributed by atoms with E-state index < -0.39 is 11.8 Å². The minimum absolute atomic E-state index is 0.462. The van der Waals surface area contributed by atoms with Crippen molar-refractivity contribution in [2.75, 3.05) is 31.6 Å². The molecule has 0 saturated carbocycles. The highest BCUT2D eigenvalue weighted by atomic mass is 16.5. The van der Waals surface area contributed by atoms with Crippen LogP contribution in [0.5, 0.6) is 0 Å². The SMILES string of the molecule is O=C(Nc1ccc2ccccc2c1)C(=O)N1CCOCC1. The molecule has 2 aromatic rings. The summed E-state index contributed by atoms with van der Waals surface area (Å²) in [7, 11) is 0. The molecule has 0 spiro atoms. The van der Waals surface area contributed by atoms with E-state index in [2.05, 4.69) is 5.32 Å². The van der Waals surface area contributed by atoms with Crippen LogP contribution in [0.25, 0.3) is 10.8 Å². The Balaban J connectivity index is 1.71. The predicted molar refractivity (Wildman–Crippen MR) is 80.0 cm³/mol. The van der Waals surface area contributed by atoms with Gasteiger partial charge >= 0.3 is 11.8 Å². The first-order valence-corrected chi connectivity index (χ1v) is 6.91. The molecule has 1 aliphatic rings. The fraction of sp³-hybridized carbons (Fsp3) is 0.250. The number of morpholine rings is 1. The summed E-state index contributed by atoms with van der Waals surface area (Å²) in [6, 6.07) is 13.4. The highest BCUT2D eigenvalue weighted by Crippen LogP contribution is 2.18. The Hall–Kier alpha value is -2.40. The van der Waals surface area contributed by atoms with Crippen molar-refractivity contribution in [1.29, 1.82) is 0 Å². The Labute approximate surface area is 122 Å². The van der Waals surface area contributed by atoms with Crippen molar-refractivity contribution in [2.24, 2.45) is 0 Å². The van der Waals surface area contributed by atoms with Crippen molar-refractivity contribution >= 4 is 28.3 Å². The van der Waals surface area contributed by atoms with Crippen LogP contribution in [0.2, 0.25) is 0 Å². The maximum Gasteiger partial charge on any atom is 0.313 e. The van der Waals surface area contributed by atoms with E-state index in [0.717, 1.165) is 10.8 Å². The molecule has 5 heteroatoms. The third-order valence-electron chi connectivity index (χ3n) is 3.50. The summed E-state index contributed by atoms with van der Waals surface area (Å²) in [5, 5.41) is 4.78. The zero-order chi connectivity index (χ0) is 14.7. The summed E-state index contributed by atoms with van der Waals surface area (Å²) in [5.74, 6) is -1.11. The third kappa shape index (κ3) is 3.03. The van der Waals surface area contributed by atoms with Gasteiger partial charge in [0, 0.05) is 18.8 Å². The van der Waals surface area contributed by atoms with Crippen LogP contribution >= 0.6 is 0 Å². The second-order valence-corrected chi connectivity index (χ2v) is 4.92. The minimum atomic E-state index is -0.604. The van der Waals surface area contributed by atoms with Crippen molar-refractivity contribution in [3.8, 4) is 0 Å². The zero-order valence-corrected chi connectivity index (χ0v) is 11.5. The van der Waals surface area contributed by atoms with E-state index in [9.17, 15) is 9.59 Å². The van der Waals surface area contributed by atoms with Crippen LogP contribution in [0.4, 0.5) is 5.69 Å². The lowest BCUT2D eigenvalue weighted by Crippen LogP contribution is -2.45. The number of carbonyl (C=O) groups excluding carboxylic acids is 2. The van der Waals surface area contributed by atoms with Crippen LogP contribution in [-0.4, -0.2) is 43.0 Å². The summed E-state index contributed by atoms with van der Waals surface area (Å²) in [6.07, 6.45) is 0. The third-order valence-corrected chi connectivity index (χ3v) is 3.50. The van der Waals surface area contributed by atoms with Crippen molar-refractivity contribution < 1.29 is 14.3 Å². The van der Waals surface area contributed by atoms with E-state index >= 15 is 0 Å². The standard InChI is InChI=1S/C16H16N2O3/c19-15(16(20)18-7-9-21-10-8-18)17-14-6-5-12-3-1-2-4-13(12)11-14/h1-6,11H,7-10H2,(H,17,19). The molecule has 1 saturated heterocycles. The van der Waals surface area contributed by atoms with Gasteiger partial charge in [0.05, 0.1) is 13.2 Å². The van der Waals surface area contributed by atoms with Gasteiger partial charge in [-0.15, -0.1) is 0 Å². The van der Waals surface area contributed by atoms with Crippen LogP contribution in [0.15, 0.2) is 42.5 Å². The Kier molecular flexibility index (Phi) is 3.83. The Morgan fingerprint density at radius 1 is 1.00 bits per heavy atom. The lowest BCUT2D eigenvalue weighted by Gasteiger charge is -2.26. The highest BCUT2D eigenvalue weighted by Gasteiger charge is 2.23. The van der Waals surface area contributed by atoms with Gasteiger partial charge in [0.1, 0.15) is 0 Å². The number of amides is 2. The number of hydrogen-bond acceptors (Lipinski definition) is 3. The number of rotatable bonds is 1. The summed E-state index contributed by atoms with van der Waals surface area (Å²) < 4.78 is 5.17. The molecule has 1 N–H and O–H groups in total. The van der Waals surface area contributed by atoms with E-state index in [1.165, 1.54) is 4.90 Å². The number of fused-ring (bicyclic) bond motifs is 1. The summed E-state index contributed by atoms with van der Waals surface area (Å²) in [4.78, 5) is 25.5. The van der Waals surface area contributed by atoms with Gasteiger partial charge in [-0.2, -0.15) is 0 Å². The normalized spacial score (nSPS) is 15.0. The van der Waals surface area contributed by atoms with Gasteiger partial charge in [0.25, 0.3) is 0 Å². The highest BCUT2D eigenvalue weighted by molar-refractivity contribution is 6.39. The summed E-state index contributed by atoms with van der Waals surface area (Å²) in [5.41, 5.74) is 0.625. The predicted octanol–water partition coefficient (Wildman–Crippen LogP) is 1.64. The first kappa shape index (κ1) is 13.6. The number of hydrogen-bond donors (Lipinski definition) is 1. The van der Waals surface area contributed by atoms with Gasteiger partial charge < -0.3 is 15.0 Å². The maximum absolute atomic E-state index is 12.0. The van der Waals surface area contributed by atoms with Crippen LogP contribution < -0.4 is 5.32 Å². The molecule has 1 aliphatic heterocycles. The van der Waals surface area contributed by atoms with E-state index in [-0.39, 0.29) is 0 Å². The molecule has 2 aromatic carbocycles. The molecule has 0 bridgehead atoms. The van der Waals surface area contributed by atoms with Crippen LogP contribution in [0, 0.1) is 0 Å². The van der Waals surface area contributed by atoms with E-state index in [0.29, 0.717) is 32.0 Å². The monoisotopic (exact) mass is 284 g/mol. The molecule has 0 aliphatic carbocycles. The Morgan fingerprint density at radius 2 is 1.71 bits per heavy atom. The zero-order valence-electron chi connectivity index (χ0n) is 11.5. The average molecular weight is 284 g/mol. The number of anilines is 1. The van der Waals surface area contributed by atoms with Crippen LogP contribution in [0.1, 0.15) is 0 Å². The molecule has 1 heterocycles. The number of benzene rings is 2. The van der Waals surface area contributed by atoms with E-state index in [1.807, 2.05) is 36.4 Å². The fourth-order valence-corrected chi connectivity index (χ4v) is 2.36. The number of carbonyl (C=O) groups is 2. The van der Waals surface area contributed by atoms with Crippen molar-refractivity contribution in [1.82, 2.24) is 4.90 Å². The smallest absolute Gasteiger partial charge is 0.313 e. The maximum atomic E-state index is 12.0. The first-order valence-electron chi connectivity index (χ1n) is 6.91. The topological polar surface area (TPSA) is 58.6 Å². The molecule has 0 atom stereocenters. The Bertz CT molecular complexity index is 678. The summed E-state index contributed by atoms with van der Waals surface area (Å²) in [6.45, 7) is 1.89. The average Bonchev–Trinajstić information content (AvgIpc) is 2.55. The van der Waals surface area contributed by atoms with Gasteiger partial charge in [-0.3, -0.25) is 9.59 Å². The molecule has 0 radical (unpaired) electrons.